The molecule has 1 saturated carbocycles. The Bertz CT molecular complexity index is 182. The lowest BCUT2D eigenvalue weighted by Crippen LogP contribution is -2.36. The van der Waals surface area contributed by atoms with Gasteiger partial charge in [-0.1, -0.05) is 26.2 Å². The third kappa shape index (κ3) is 4.09. The van der Waals surface area contributed by atoms with Crippen LogP contribution in [0.2, 0.25) is 0 Å². The first-order valence-electron chi connectivity index (χ1n) is 5.74. The molecule has 0 radical (unpaired) electrons. The zero-order valence-electron chi connectivity index (χ0n) is 9.09. The van der Waals surface area contributed by atoms with Crippen LogP contribution < -0.4 is 11.1 Å². The topological polar surface area (TPSA) is 55.1 Å². The Morgan fingerprint density at radius 3 is 2.79 bits per heavy atom. The zero-order chi connectivity index (χ0) is 10.4. The predicted molar refractivity (Wildman–Crippen MR) is 57.9 cm³/mol. The molecular formula is C11H22N2O. The summed E-state index contributed by atoms with van der Waals surface area (Å²) in [6, 6.07) is 0.513. The predicted octanol–water partition coefficient (Wildman–Crippen LogP) is 1.42. The van der Waals surface area contributed by atoms with Crippen LogP contribution in [0.3, 0.4) is 0 Å². The van der Waals surface area contributed by atoms with Crippen molar-refractivity contribution in [2.75, 3.05) is 6.54 Å². The van der Waals surface area contributed by atoms with E-state index in [4.69, 9.17) is 5.73 Å². The molecule has 0 heterocycles. The number of carbonyl (C=O) groups is 1. The molecule has 82 valence electrons. The van der Waals surface area contributed by atoms with Crippen LogP contribution in [0.25, 0.3) is 0 Å². The van der Waals surface area contributed by atoms with Crippen molar-refractivity contribution >= 4 is 5.91 Å². The number of hydrogen-bond acceptors (Lipinski definition) is 2. The summed E-state index contributed by atoms with van der Waals surface area (Å²) < 4.78 is 0. The summed E-state index contributed by atoms with van der Waals surface area (Å²) in [4.78, 5) is 10.6. The van der Waals surface area contributed by atoms with Crippen LogP contribution in [0.1, 0.15) is 45.4 Å². The highest BCUT2D eigenvalue weighted by Crippen LogP contribution is 2.25. The zero-order valence-corrected chi connectivity index (χ0v) is 9.09. The highest BCUT2D eigenvalue weighted by Gasteiger charge is 2.17. The van der Waals surface area contributed by atoms with Crippen molar-refractivity contribution in [1.29, 1.82) is 0 Å². The van der Waals surface area contributed by atoms with Gasteiger partial charge in [-0.05, 0) is 25.2 Å². The number of nitrogens with two attached hydrogens (primary N) is 1. The number of rotatable bonds is 4. The highest BCUT2D eigenvalue weighted by atomic mass is 16.1. The van der Waals surface area contributed by atoms with Crippen LogP contribution in [-0.2, 0) is 4.79 Å². The molecule has 0 spiro atoms. The molecule has 1 aliphatic carbocycles. The van der Waals surface area contributed by atoms with E-state index in [0.29, 0.717) is 12.6 Å². The summed E-state index contributed by atoms with van der Waals surface area (Å²) in [5, 5.41) is 3.23. The Hall–Kier alpha value is -0.570. The minimum atomic E-state index is -0.249. The van der Waals surface area contributed by atoms with E-state index in [-0.39, 0.29) is 5.91 Å². The largest absolute Gasteiger partial charge is 0.369 e. The monoisotopic (exact) mass is 198 g/mol. The second kappa shape index (κ2) is 6.02. The van der Waals surface area contributed by atoms with E-state index in [9.17, 15) is 4.79 Å². The van der Waals surface area contributed by atoms with Crippen LogP contribution in [0, 0.1) is 5.92 Å². The van der Waals surface area contributed by atoms with E-state index in [1.807, 2.05) is 0 Å². The maximum Gasteiger partial charge on any atom is 0.231 e. The lowest BCUT2D eigenvalue weighted by atomic mass is 9.98. The molecule has 1 fully saturated rings. The Morgan fingerprint density at radius 1 is 1.36 bits per heavy atom. The van der Waals surface area contributed by atoms with Gasteiger partial charge in [-0.15, -0.1) is 0 Å². The SMILES string of the molecule is CCC1CCCC(NCC(N)=O)CC1. The standard InChI is InChI=1S/C11H22N2O/c1-2-9-4-3-5-10(7-6-9)13-8-11(12)14/h9-10,13H,2-8H2,1H3,(H2,12,14). The lowest BCUT2D eigenvalue weighted by molar-refractivity contribution is -0.117. The molecular weight excluding hydrogens is 176 g/mol. The second-order valence-electron chi connectivity index (χ2n) is 4.33. The van der Waals surface area contributed by atoms with Crippen molar-refractivity contribution in [3.8, 4) is 0 Å². The fourth-order valence-electron chi connectivity index (χ4n) is 2.24. The first-order valence-corrected chi connectivity index (χ1v) is 5.74. The van der Waals surface area contributed by atoms with E-state index in [0.717, 1.165) is 5.92 Å². The molecule has 3 nitrogen and oxygen atoms in total. The van der Waals surface area contributed by atoms with Gasteiger partial charge < -0.3 is 11.1 Å². The fraction of sp³-hybridized carbons (Fsp3) is 0.909. The third-order valence-electron chi connectivity index (χ3n) is 3.23. The van der Waals surface area contributed by atoms with E-state index >= 15 is 0 Å². The van der Waals surface area contributed by atoms with Crippen molar-refractivity contribution in [2.24, 2.45) is 11.7 Å². The molecule has 1 aliphatic rings. The van der Waals surface area contributed by atoms with Crippen molar-refractivity contribution in [3.05, 3.63) is 0 Å². The number of nitrogens with one attached hydrogen (secondary N) is 1. The summed E-state index contributed by atoms with van der Waals surface area (Å²) >= 11 is 0. The molecule has 0 aromatic rings. The summed E-state index contributed by atoms with van der Waals surface area (Å²) in [6.07, 6.45) is 7.63. The average molecular weight is 198 g/mol. The highest BCUT2D eigenvalue weighted by molar-refractivity contribution is 5.75. The van der Waals surface area contributed by atoms with E-state index in [2.05, 4.69) is 12.2 Å². The minimum Gasteiger partial charge on any atom is -0.369 e. The Balaban J connectivity index is 2.23. The Kier molecular flexibility index (Phi) is 4.94. The maximum absolute atomic E-state index is 10.6. The minimum absolute atomic E-state index is 0.249. The van der Waals surface area contributed by atoms with Crippen molar-refractivity contribution in [1.82, 2.24) is 5.32 Å². The van der Waals surface area contributed by atoms with Crippen molar-refractivity contribution < 1.29 is 4.79 Å². The van der Waals surface area contributed by atoms with Gasteiger partial charge in [0.05, 0.1) is 6.54 Å². The van der Waals surface area contributed by atoms with E-state index in [1.165, 1.54) is 38.5 Å². The number of amides is 1. The molecule has 1 rings (SSSR count). The van der Waals surface area contributed by atoms with Crippen LogP contribution in [0.4, 0.5) is 0 Å². The molecule has 2 unspecified atom stereocenters. The molecule has 3 heteroatoms. The second-order valence-corrected chi connectivity index (χ2v) is 4.33. The summed E-state index contributed by atoms with van der Waals surface area (Å²) in [5.74, 6) is 0.650. The molecule has 0 aromatic heterocycles. The number of hydrogen-bond donors (Lipinski definition) is 2. The van der Waals surface area contributed by atoms with Gasteiger partial charge >= 0.3 is 0 Å². The number of carbonyl (C=O) groups excluding carboxylic acids is 1. The molecule has 0 bridgehead atoms. The van der Waals surface area contributed by atoms with Crippen LogP contribution in [0.15, 0.2) is 0 Å². The smallest absolute Gasteiger partial charge is 0.231 e. The summed E-state index contributed by atoms with van der Waals surface area (Å²) in [7, 11) is 0. The molecule has 2 atom stereocenters. The van der Waals surface area contributed by atoms with Gasteiger partial charge in [-0.2, -0.15) is 0 Å². The number of primary amides is 1. The van der Waals surface area contributed by atoms with Crippen molar-refractivity contribution in [2.45, 2.75) is 51.5 Å². The van der Waals surface area contributed by atoms with Gasteiger partial charge in [-0.3, -0.25) is 4.79 Å². The Morgan fingerprint density at radius 2 is 2.14 bits per heavy atom. The normalized spacial score (nSPS) is 28.4. The molecule has 14 heavy (non-hydrogen) atoms. The van der Waals surface area contributed by atoms with Crippen LogP contribution in [0.5, 0.6) is 0 Å². The quantitative estimate of drug-likeness (QED) is 0.671. The van der Waals surface area contributed by atoms with Crippen LogP contribution >= 0.6 is 0 Å². The van der Waals surface area contributed by atoms with Gasteiger partial charge in [0.25, 0.3) is 0 Å². The molecule has 1 amide bonds. The van der Waals surface area contributed by atoms with E-state index in [1.54, 1.807) is 0 Å². The van der Waals surface area contributed by atoms with Gasteiger partial charge in [-0.25, -0.2) is 0 Å². The third-order valence-corrected chi connectivity index (χ3v) is 3.23. The average Bonchev–Trinajstić information content (AvgIpc) is 2.39. The molecule has 3 N–H and O–H groups in total. The van der Waals surface area contributed by atoms with Gasteiger partial charge in [0.2, 0.25) is 5.91 Å². The first kappa shape index (κ1) is 11.5. The van der Waals surface area contributed by atoms with Gasteiger partial charge in [0.1, 0.15) is 0 Å². The van der Waals surface area contributed by atoms with E-state index < -0.39 is 0 Å². The van der Waals surface area contributed by atoms with Crippen molar-refractivity contribution in [3.63, 3.8) is 0 Å². The van der Waals surface area contributed by atoms with Crippen LogP contribution in [-0.4, -0.2) is 18.5 Å². The fourth-order valence-corrected chi connectivity index (χ4v) is 2.24. The maximum atomic E-state index is 10.6. The molecule has 0 aliphatic heterocycles. The molecule has 0 aromatic carbocycles. The first-order chi connectivity index (χ1) is 6.72. The Labute approximate surface area is 86.4 Å². The summed E-state index contributed by atoms with van der Waals surface area (Å²) in [5.41, 5.74) is 5.10. The van der Waals surface area contributed by atoms with Gasteiger partial charge in [0, 0.05) is 6.04 Å². The van der Waals surface area contributed by atoms with Gasteiger partial charge in [0.15, 0.2) is 0 Å². The summed E-state index contributed by atoms with van der Waals surface area (Å²) in [6.45, 7) is 2.60. The molecule has 0 saturated heterocycles. The lowest BCUT2D eigenvalue weighted by Gasteiger charge is -2.15.